The smallest absolute Gasteiger partial charge is 0.192 e. The molecule has 2 aliphatic rings. The van der Waals surface area contributed by atoms with Crippen molar-refractivity contribution in [1.82, 2.24) is 0 Å². The number of thiophene rings is 1. The molecule has 0 N–H and O–H groups in total. The van der Waals surface area contributed by atoms with Gasteiger partial charge in [0.25, 0.3) is 0 Å². The Kier molecular flexibility index (Phi) is 4.24. The van der Waals surface area contributed by atoms with Gasteiger partial charge in [-0.2, -0.15) is 11.3 Å². The van der Waals surface area contributed by atoms with Crippen LogP contribution in [0, 0.1) is 5.92 Å². The van der Waals surface area contributed by atoms with Crippen LogP contribution < -0.4 is 0 Å². The van der Waals surface area contributed by atoms with Gasteiger partial charge in [0.1, 0.15) is 5.60 Å². The van der Waals surface area contributed by atoms with Crippen LogP contribution in [0.25, 0.3) is 5.57 Å². The van der Waals surface area contributed by atoms with Gasteiger partial charge in [0.05, 0.1) is 11.7 Å². The Labute approximate surface area is 152 Å². The Bertz CT molecular complexity index is 641. The molecule has 0 amide bonds. The summed E-state index contributed by atoms with van der Waals surface area (Å²) >= 11 is 1.76. The van der Waals surface area contributed by atoms with Crippen molar-refractivity contribution in [1.29, 1.82) is 0 Å². The maximum atomic E-state index is 6.81. The lowest BCUT2D eigenvalue weighted by atomic mass is 9.73. The van der Waals surface area contributed by atoms with Crippen molar-refractivity contribution in [3.63, 3.8) is 0 Å². The molecule has 1 saturated heterocycles. The monoisotopic (exact) mass is 364 g/mol. The van der Waals surface area contributed by atoms with Crippen molar-refractivity contribution in [2.75, 3.05) is 0 Å². The molecule has 0 aliphatic carbocycles. The van der Waals surface area contributed by atoms with Gasteiger partial charge < -0.3 is 9.16 Å². The molecular formula is C20H32O2SSi. The Morgan fingerprint density at radius 3 is 2.50 bits per heavy atom. The molecule has 24 heavy (non-hydrogen) atoms. The Morgan fingerprint density at radius 1 is 1.33 bits per heavy atom. The fraction of sp³-hybridized carbons (Fsp3) is 0.700. The lowest BCUT2D eigenvalue weighted by Crippen LogP contribution is -2.49. The summed E-state index contributed by atoms with van der Waals surface area (Å²) in [7, 11) is -1.82. The fourth-order valence-corrected chi connectivity index (χ4v) is 5.81. The Balaban J connectivity index is 1.96. The van der Waals surface area contributed by atoms with Crippen molar-refractivity contribution in [2.45, 2.75) is 83.4 Å². The molecule has 2 aliphatic heterocycles. The van der Waals surface area contributed by atoms with Crippen LogP contribution in [-0.2, 0) is 9.16 Å². The van der Waals surface area contributed by atoms with Crippen LogP contribution >= 0.6 is 11.3 Å². The maximum absolute atomic E-state index is 6.81. The highest BCUT2D eigenvalue weighted by atomic mass is 32.1. The number of fused-ring (bicyclic) bond motifs is 2. The largest absolute Gasteiger partial charge is 0.411 e. The number of ether oxygens (including phenoxy) is 1. The van der Waals surface area contributed by atoms with Crippen LogP contribution in [0.1, 0.15) is 53.5 Å². The third-order valence-corrected chi connectivity index (χ3v) is 11.6. The molecule has 0 unspecified atom stereocenters. The van der Waals surface area contributed by atoms with E-state index in [1.807, 2.05) is 0 Å². The lowest BCUT2D eigenvalue weighted by Gasteiger charge is -2.42. The first-order valence-electron chi connectivity index (χ1n) is 9.05. The van der Waals surface area contributed by atoms with Gasteiger partial charge in [-0.3, -0.25) is 0 Å². The van der Waals surface area contributed by atoms with Crippen LogP contribution in [0.3, 0.4) is 0 Å². The molecule has 0 radical (unpaired) electrons. The molecule has 4 heteroatoms. The van der Waals surface area contributed by atoms with Crippen LogP contribution in [0.15, 0.2) is 22.9 Å². The van der Waals surface area contributed by atoms with E-state index in [0.29, 0.717) is 5.92 Å². The van der Waals surface area contributed by atoms with Crippen LogP contribution in [-0.4, -0.2) is 25.6 Å². The predicted molar refractivity (Wildman–Crippen MR) is 106 cm³/mol. The summed E-state index contributed by atoms with van der Waals surface area (Å²) < 4.78 is 13.5. The SMILES string of the molecule is CC(C)[C@]12C[C@@H](O[Si](C)(C)C(C)(C)C)[C@](C)(C=C1c1ccsc1)O2. The first-order valence-corrected chi connectivity index (χ1v) is 12.9. The highest BCUT2D eigenvalue weighted by molar-refractivity contribution is 7.08. The van der Waals surface area contributed by atoms with Crippen molar-refractivity contribution in [3.05, 3.63) is 28.5 Å². The first kappa shape index (κ1) is 18.4. The summed E-state index contributed by atoms with van der Waals surface area (Å²) in [5, 5.41) is 4.62. The Morgan fingerprint density at radius 2 is 2.00 bits per heavy atom. The van der Waals surface area contributed by atoms with Gasteiger partial charge in [0.15, 0.2) is 8.32 Å². The second kappa shape index (κ2) is 5.54. The number of hydrogen-bond donors (Lipinski definition) is 0. The van der Waals surface area contributed by atoms with Crippen LogP contribution in [0.4, 0.5) is 0 Å². The molecular weight excluding hydrogens is 332 g/mol. The van der Waals surface area contributed by atoms with Gasteiger partial charge >= 0.3 is 0 Å². The minimum Gasteiger partial charge on any atom is -0.411 e. The van der Waals surface area contributed by atoms with Crippen molar-refractivity contribution < 1.29 is 9.16 Å². The maximum Gasteiger partial charge on any atom is 0.192 e. The molecule has 3 rings (SSSR count). The van der Waals surface area contributed by atoms with Gasteiger partial charge in [0.2, 0.25) is 0 Å². The topological polar surface area (TPSA) is 18.5 Å². The summed E-state index contributed by atoms with van der Waals surface area (Å²) in [6.45, 7) is 18.4. The summed E-state index contributed by atoms with van der Waals surface area (Å²) in [4.78, 5) is 0. The van der Waals surface area contributed by atoms with Crippen LogP contribution in [0.5, 0.6) is 0 Å². The molecule has 3 heterocycles. The molecule has 0 saturated carbocycles. The van der Waals surface area contributed by atoms with E-state index in [1.165, 1.54) is 11.1 Å². The molecule has 2 nitrogen and oxygen atoms in total. The van der Waals surface area contributed by atoms with Gasteiger partial charge in [-0.25, -0.2) is 0 Å². The first-order chi connectivity index (χ1) is 10.9. The number of rotatable bonds is 4. The molecule has 0 aromatic carbocycles. The molecule has 1 fully saturated rings. The summed E-state index contributed by atoms with van der Waals surface area (Å²) in [6.07, 6.45) is 3.48. The van der Waals surface area contributed by atoms with Crippen molar-refractivity contribution in [3.8, 4) is 0 Å². The molecule has 1 aromatic rings. The average molecular weight is 365 g/mol. The van der Waals surface area contributed by atoms with Crippen LogP contribution in [0.2, 0.25) is 18.1 Å². The predicted octanol–water partition coefficient (Wildman–Crippen LogP) is 6.11. The second-order valence-electron chi connectivity index (χ2n) is 9.47. The number of hydrogen-bond acceptors (Lipinski definition) is 3. The van der Waals surface area contributed by atoms with Crippen molar-refractivity contribution >= 4 is 25.2 Å². The van der Waals surface area contributed by atoms with Gasteiger partial charge in [0, 0.05) is 6.42 Å². The Hall–Kier alpha value is -0.423. The summed E-state index contributed by atoms with van der Waals surface area (Å²) in [6, 6.07) is 2.22. The quantitative estimate of drug-likeness (QED) is 0.600. The minimum atomic E-state index is -1.82. The van der Waals surface area contributed by atoms with E-state index in [1.54, 1.807) is 11.3 Å². The van der Waals surface area contributed by atoms with E-state index < -0.39 is 8.32 Å². The summed E-state index contributed by atoms with van der Waals surface area (Å²) in [5.74, 6) is 0.429. The molecule has 0 spiro atoms. The van der Waals surface area contributed by atoms with E-state index in [-0.39, 0.29) is 22.3 Å². The van der Waals surface area contributed by atoms with Crippen molar-refractivity contribution in [2.24, 2.45) is 5.92 Å². The fourth-order valence-electron chi connectivity index (χ4n) is 3.78. The van der Waals surface area contributed by atoms with Gasteiger partial charge in [-0.15, -0.1) is 0 Å². The second-order valence-corrected chi connectivity index (χ2v) is 15.0. The molecule has 134 valence electrons. The van der Waals surface area contributed by atoms with E-state index in [0.717, 1.165) is 6.42 Å². The highest BCUT2D eigenvalue weighted by Gasteiger charge is 2.62. The van der Waals surface area contributed by atoms with E-state index in [4.69, 9.17) is 9.16 Å². The third kappa shape index (κ3) is 2.66. The van der Waals surface area contributed by atoms with Gasteiger partial charge in [-0.05, 0) is 65.0 Å². The van der Waals surface area contributed by atoms with E-state index >= 15 is 0 Å². The highest BCUT2D eigenvalue weighted by Crippen LogP contribution is 2.58. The zero-order valence-corrected chi connectivity index (χ0v) is 18.2. The molecule has 1 aromatic heterocycles. The summed E-state index contributed by atoms with van der Waals surface area (Å²) in [5.41, 5.74) is 2.18. The standard InChI is InChI=1S/C20H32O2SSi/c1-14(2)20-12-17(21-24(7,8)18(3,4)5)19(6,22-20)11-16(20)15-9-10-23-13-15/h9-11,13-14,17H,12H2,1-8H3/t17-,19+,20-/m1/s1. The van der Waals surface area contributed by atoms with Gasteiger partial charge in [-0.1, -0.05) is 34.6 Å². The third-order valence-electron chi connectivity index (χ3n) is 6.42. The normalized spacial score (nSPS) is 33.4. The minimum absolute atomic E-state index is 0.156. The average Bonchev–Trinajstić information content (AvgIpc) is 3.08. The lowest BCUT2D eigenvalue weighted by molar-refractivity contribution is -0.0601. The molecule has 2 bridgehead atoms. The zero-order valence-electron chi connectivity index (χ0n) is 16.4. The molecule has 3 atom stereocenters. The van der Waals surface area contributed by atoms with E-state index in [9.17, 15) is 0 Å². The van der Waals surface area contributed by atoms with E-state index in [2.05, 4.69) is 77.5 Å². The zero-order chi connectivity index (χ0) is 18.0.